The number of fused-ring (bicyclic) bond motifs is 3. The zero-order valence-corrected chi connectivity index (χ0v) is 16.2. The number of rotatable bonds is 4. The molecule has 1 N–H and O–H groups in total. The number of hydrogen-bond acceptors (Lipinski definition) is 3. The molecule has 0 aliphatic rings. The summed E-state index contributed by atoms with van der Waals surface area (Å²) in [5.41, 5.74) is 2.31. The third kappa shape index (κ3) is 3.93. The standard InChI is InChI=1S/C22H14F3N3OS/c1-2-11-26-20(29)10-4-14-3-9-18-19(12-14)30-21-27-17(13-28(18)21)15-5-7-16(8-6-15)22(23,24)25/h1,3-10,12-13H,11H2,(H,26,29). The van der Waals surface area contributed by atoms with Gasteiger partial charge in [0.25, 0.3) is 0 Å². The summed E-state index contributed by atoms with van der Waals surface area (Å²) in [4.78, 5) is 16.9. The van der Waals surface area contributed by atoms with Crippen LogP contribution < -0.4 is 5.32 Å². The molecule has 1 amide bonds. The molecule has 8 heteroatoms. The first kappa shape index (κ1) is 19.7. The number of nitrogens with zero attached hydrogens (tertiary/aromatic N) is 2. The summed E-state index contributed by atoms with van der Waals surface area (Å²) in [5, 5.41) is 2.55. The maximum Gasteiger partial charge on any atom is 0.416 e. The molecule has 0 aliphatic carbocycles. The van der Waals surface area contributed by atoms with Crippen LogP contribution in [-0.4, -0.2) is 21.8 Å². The fourth-order valence-electron chi connectivity index (χ4n) is 2.96. The van der Waals surface area contributed by atoms with Crippen molar-refractivity contribution in [2.75, 3.05) is 6.54 Å². The average Bonchev–Trinajstić information content (AvgIpc) is 3.27. The quantitative estimate of drug-likeness (QED) is 0.370. The normalized spacial score (nSPS) is 11.9. The predicted molar refractivity (Wildman–Crippen MR) is 112 cm³/mol. The van der Waals surface area contributed by atoms with Gasteiger partial charge in [0, 0.05) is 17.8 Å². The number of benzene rings is 2. The van der Waals surface area contributed by atoms with E-state index in [2.05, 4.69) is 16.2 Å². The molecule has 0 atom stereocenters. The summed E-state index contributed by atoms with van der Waals surface area (Å²) in [6, 6.07) is 10.7. The van der Waals surface area contributed by atoms with Crippen LogP contribution in [0.5, 0.6) is 0 Å². The first-order valence-corrected chi connectivity index (χ1v) is 9.65. The Labute approximate surface area is 173 Å². The van der Waals surface area contributed by atoms with Gasteiger partial charge in [0.1, 0.15) is 0 Å². The van der Waals surface area contributed by atoms with Crippen molar-refractivity contribution in [3.8, 4) is 23.6 Å². The van der Waals surface area contributed by atoms with Crippen LogP contribution in [0.3, 0.4) is 0 Å². The van der Waals surface area contributed by atoms with Crippen molar-refractivity contribution in [3.63, 3.8) is 0 Å². The molecule has 150 valence electrons. The highest BCUT2D eigenvalue weighted by Gasteiger charge is 2.30. The third-order valence-corrected chi connectivity index (χ3v) is 5.44. The van der Waals surface area contributed by atoms with Crippen molar-refractivity contribution in [2.45, 2.75) is 6.18 Å². The highest BCUT2D eigenvalue weighted by molar-refractivity contribution is 7.23. The maximum atomic E-state index is 12.7. The van der Waals surface area contributed by atoms with Gasteiger partial charge in [-0.1, -0.05) is 35.5 Å². The lowest BCUT2D eigenvalue weighted by Crippen LogP contribution is -2.20. The highest BCUT2D eigenvalue weighted by atomic mass is 32.1. The predicted octanol–water partition coefficient (Wildman–Crippen LogP) is 5.00. The molecular weight excluding hydrogens is 411 g/mol. The molecule has 0 bridgehead atoms. The molecule has 30 heavy (non-hydrogen) atoms. The number of aromatic nitrogens is 2. The summed E-state index contributed by atoms with van der Waals surface area (Å²) >= 11 is 1.46. The third-order valence-electron chi connectivity index (χ3n) is 4.42. The Kier molecular flexibility index (Phi) is 5.06. The number of alkyl halides is 3. The van der Waals surface area contributed by atoms with Crippen LogP contribution in [0.4, 0.5) is 13.2 Å². The zero-order valence-electron chi connectivity index (χ0n) is 15.4. The smallest absolute Gasteiger partial charge is 0.342 e. The van der Waals surface area contributed by atoms with E-state index >= 15 is 0 Å². The molecule has 2 heterocycles. The van der Waals surface area contributed by atoms with Gasteiger partial charge in [-0.3, -0.25) is 9.20 Å². The number of terminal acetylenes is 1. The van der Waals surface area contributed by atoms with Crippen molar-refractivity contribution >= 4 is 38.5 Å². The SMILES string of the molecule is C#CCNC(=O)C=Cc1ccc2c(c1)sc1nc(-c3ccc(C(F)(F)F)cc3)cn12. The summed E-state index contributed by atoms with van der Waals surface area (Å²) in [5.74, 6) is 2.07. The molecule has 2 aromatic heterocycles. The fourth-order valence-corrected chi connectivity index (χ4v) is 4.02. The lowest BCUT2D eigenvalue weighted by atomic mass is 10.1. The van der Waals surface area contributed by atoms with Gasteiger partial charge in [-0.15, -0.1) is 6.42 Å². The number of amides is 1. The van der Waals surface area contributed by atoms with E-state index in [1.165, 1.54) is 29.5 Å². The van der Waals surface area contributed by atoms with Crippen LogP contribution in [0.15, 0.2) is 54.7 Å². The van der Waals surface area contributed by atoms with Crippen molar-refractivity contribution in [1.82, 2.24) is 14.7 Å². The van der Waals surface area contributed by atoms with Gasteiger partial charge in [-0.25, -0.2) is 4.98 Å². The Hall–Kier alpha value is -3.57. The van der Waals surface area contributed by atoms with Crippen LogP contribution in [0.1, 0.15) is 11.1 Å². The Bertz CT molecular complexity index is 1310. The van der Waals surface area contributed by atoms with Gasteiger partial charge in [0.05, 0.1) is 28.0 Å². The number of hydrogen-bond donors (Lipinski definition) is 1. The molecule has 0 unspecified atom stereocenters. The molecule has 0 spiro atoms. The lowest BCUT2D eigenvalue weighted by molar-refractivity contribution is -0.137. The Morgan fingerprint density at radius 1 is 1.23 bits per heavy atom. The van der Waals surface area contributed by atoms with E-state index in [-0.39, 0.29) is 12.5 Å². The summed E-state index contributed by atoms with van der Waals surface area (Å²) < 4.78 is 41.1. The van der Waals surface area contributed by atoms with Gasteiger partial charge in [-0.05, 0) is 35.9 Å². The van der Waals surface area contributed by atoms with E-state index in [4.69, 9.17) is 6.42 Å². The van der Waals surface area contributed by atoms with Crippen molar-refractivity contribution in [3.05, 3.63) is 65.9 Å². The van der Waals surface area contributed by atoms with Crippen LogP contribution in [-0.2, 0) is 11.0 Å². The first-order chi connectivity index (χ1) is 14.3. The molecular formula is C22H14F3N3OS. The van der Waals surface area contributed by atoms with E-state index in [1.807, 2.05) is 22.6 Å². The summed E-state index contributed by atoms with van der Waals surface area (Å²) in [6.45, 7) is 0.172. The number of thiazole rings is 1. The number of carbonyl (C=O) groups excluding carboxylic acids is 1. The molecule has 0 saturated carbocycles. The van der Waals surface area contributed by atoms with E-state index in [0.29, 0.717) is 11.3 Å². The zero-order chi connectivity index (χ0) is 21.3. The minimum atomic E-state index is -4.36. The van der Waals surface area contributed by atoms with E-state index in [0.717, 1.165) is 32.9 Å². The molecule has 0 radical (unpaired) electrons. The topological polar surface area (TPSA) is 46.4 Å². The fraction of sp³-hybridized carbons (Fsp3) is 0.0909. The largest absolute Gasteiger partial charge is 0.416 e. The van der Waals surface area contributed by atoms with E-state index < -0.39 is 11.7 Å². The van der Waals surface area contributed by atoms with Crippen LogP contribution in [0.2, 0.25) is 0 Å². The molecule has 0 aliphatic heterocycles. The second kappa shape index (κ2) is 7.69. The molecule has 4 rings (SSSR count). The van der Waals surface area contributed by atoms with Gasteiger partial charge in [0.15, 0.2) is 4.96 Å². The molecule has 2 aromatic carbocycles. The molecule has 0 saturated heterocycles. The molecule has 4 nitrogen and oxygen atoms in total. The van der Waals surface area contributed by atoms with Crippen molar-refractivity contribution < 1.29 is 18.0 Å². The van der Waals surface area contributed by atoms with Gasteiger partial charge < -0.3 is 5.32 Å². The monoisotopic (exact) mass is 425 g/mol. The Morgan fingerprint density at radius 2 is 2.00 bits per heavy atom. The van der Waals surface area contributed by atoms with Crippen molar-refractivity contribution in [2.24, 2.45) is 0 Å². The second-order valence-electron chi connectivity index (χ2n) is 6.44. The summed E-state index contributed by atoms with van der Waals surface area (Å²) in [7, 11) is 0. The maximum absolute atomic E-state index is 12.7. The first-order valence-electron chi connectivity index (χ1n) is 8.84. The minimum absolute atomic E-state index is 0.172. The molecule has 0 fully saturated rings. The number of imidazole rings is 1. The number of nitrogens with one attached hydrogen (secondary N) is 1. The number of carbonyl (C=O) groups is 1. The van der Waals surface area contributed by atoms with Crippen LogP contribution in [0, 0.1) is 12.3 Å². The minimum Gasteiger partial charge on any atom is -0.342 e. The summed E-state index contributed by atoms with van der Waals surface area (Å²) in [6.07, 6.45) is 5.66. The van der Waals surface area contributed by atoms with Crippen molar-refractivity contribution in [1.29, 1.82) is 0 Å². The highest BCUT2D eigenvalue weighted by Crippen LogP contribution is 2.33. The van der Waals surface area contributed by atoms with E-state index in [9.17, 15) is 18.0 Å². The van der Waals surface area contributed by atoms with E-state index in [1.54, 1.807) is 12.3 Å². The Balaban J connectivity index is 1.61. The van der Waals surface area contributed by atoms with Gasteiger partial charge in [0.2, 0.25) is 5.91 Å². The molecule has 4 aromatic rings. The van der Waals surface area contributed by atoms with Crippen LogP contribution >= 0.6 is 11.3 Å². The number of halogens is 3. The van der Waals surface area contributed by atoms with Gasteiger partial charge >= 0.3 is 6.18 Å². The Morgan fingerprint density at radius 3 is 2.70 bits per heavy atom. The van der Waals surface area contributed by atoms with Gasteiger partial charge in [-0.2, -0.15) is 13.2 Å². The average molecular weight is 425 g/mol. The second-order valence-corrected chi connectivity index (χ2v) is 7.45. The van der Waals surface area contributed by atoms with Crippen LogP contribution in [0.25, 0.3) is 32.5 Å². The lowest BCUT2D eigenvalue weighted by Gasteiger charge is -2.06.